The number of carbonyl (C=O) groups is 1. The Morgan fingerprint density at radius 2 is 2.12 bits per heavy atom. The molecule has 1 N–H and O–H groups in total. The van der Waals surface area contributed by atoms with E-state index >= 15 is 0 Å². The molecule has 0 spiro atoms. The lowest BCUT2D eigenvalue weighted by molar-refractivity contribution is -0.135. The van der Waals surface area contributed by atoms with Crippen LogP contribution in [0.1, 0.15) is 46.0 Å². The molecule has 0 aromatic heterocycles. The maximum absolute atomic E-state index is 11.9. The molecular formula is C12H22ClNO2. The lowest BCUT2D eigenvalue weighted by atomic mass is 9.77. The van der Waals surface area contributed by atoms with E-state index in [2.05, 4.69) is 5.32 Å². The fourth-order valence-electron chi connectivity index (χ4n) is 2.04. The maximum atomic E-state index is 11.9. The molecule has 0 heterocycles. The number of hydrogen-bond acceptors (Lipinski definition) is 2. The van der Waals surface area contributed by atoms with Gasteiger partial charge in [-0.05, 0) is 39.5 Å². The van der Waals surface area contributed by atoms with Crippen LogP contribution in [0.4, 0.5) is 0 Å². The molecule has 94 valence electrons. The van der Waals surface area contributed by atoms with E-state index in [1.165, 1.54) is 0 Å². The Balaban J connectivity index is 2.41. The molecule has 0 bridgehead atoms. The third-order valence-corrected chi connectivity index (χ3v) is 3.57. The molecule has 1 saturated carbocycles. The summed E-state index contributed by atoms with van der Waals surface area (Å²) >= 11 is 5.69. The van der Waals surface area contributed by atoms with Gasteiger partial charge in [0.1, 0.15) is 0 Å². The van der Waals surface area contributed by atoms with Crippen molar-refractivity contribution in [2.45, 2.75) is 57.1 Å². The van der Waals surface area contributed by atoms with Crippen LogP contribution in [-0.2, 0) is 9.53 Å². The quantitative estimate of drug-likeness (QED) is 0.733. The minimum atomic E-state index is -0.225. The van der Waals surface area contributed by atoms with Crippen molar-refractivity contribution >= 4 is 17.5 Å². The highest BCUT2D eigenvalue weighted by Gasteiger charge is 2.39. The monoisotopic (exact) mass is 247 g/mol. The minimum absolute atomic E-state index is 0.0664. The van der Waals surface area contributed by atoms with Crippen molar-refractivity contribution in [3.05, 3.63) is 0 Å². The first-order valence-corrected chi connectivity index (χ1v) is 6.39. The van der Waals surface area contributed by atoms with Gasteiger partial charge in [-0.15, -0.1) is 11.6 Å². The van der Waals surface area contributed by atoms with Crippen LogP contribution in [0.5, 0.6) is 0 Å². The molecule has 0 atom stereocenters. The summed E-state index contributed by atoms with van der Waals surface area (Å²) in [6.07, 6.45) is 4.39. The fraction of sp³-hybridized carbons (Fsp3) is 0.917. The zero-order chi connectivity index (χ0) is 12.2. The molecule has 0 unspecified atom stereocenters. The molecule has 1 aliphatic rings. The van der Waals surface area contributed by atoms with Crippen LogP contribution in [0.2, 0.25) is 0 Å². The molecular weight excluding hydrogens is 226 g/mol. The second-order valence-corrected chi connectivity index (χ2v) is 5.67. The van der Waals surface area contributed by atoms with Crippen LogP contribution in [0, 0.1) is 0 Å². The van der Waals surface area contributed by atoms with E-state index in [-0.39, 0.29) is 17.0 Å². The smallest absolute Gasteiger partial charge is 0.223 e. The predicted octanol–water partition coefficient (Wildman–Crippen LogP) is 2.47. The highest BCUT2D eigenvalue weighted by molar-refractivity contribution is 6.17. The molecule has 1 amide bonds. The van der Waals surface area contributed by atoms with Gasteiger partial charge in [-0.2, -0.15) is 0 Å². The van der Waals surface area contributed by atoms with E-state index in [4.69, 9.17) is 16.3 Å². The maximum Gasteiger partial charge on any atom is 0.223 e. The van der Waals surface area contributed by atoms with E-state index in [0.717, 1.165) is 25.7 Å². The summed E-state index contributed by atoms with van der Waals surface area (Å²) in [6, 6.07) is 0. The lowest BCUT2D eigenvalue weighted by Gasteiger charge is -2.40. The Kier molecular flexibility index (Phi) is 4.62. The predicted molar refractivity (Wildman–Crippen MR) is 65.8 cm³/mol. The largest absolute Gasteiger partial charge is 0.378 e. The number of hydrogen-bond donors (Lipinski definition) is 1. The number of nitrogens with one attached hydrogen (secondary N) is 1. The van der Waals surface area contributed by atoms with E-state index in [0.29, 0.717) is 12.3 Å². The first-order chi connectivity index (χ1) is 7.43. The topological polar surface area (TPSA) is 38.3 Å². The summed E-state index contributed by atoms with van der Waals surface area (Å²) in [5, 5.41) is 3.01. The van der Waals surface area contributed by atoms with E-state index in [9.17, 15) is 4.79 Å². The van der Waals surface area contributed by atoms with Crippen molar-refractivity contribution in [3.8, 4) is 0 Å². The molecule has 0 aromatic carbocycles. The standard InChI is InChI=1S/C12H22ClNO2/c1-11(2,7-8-13)14-10(15)9-12(16-3)5-4-6-12/h4-9H2,1-3H3,(H,14,15). The van der Waals surface area contributed by atoms with Crippen LogP contribution in [0.3, 0.4) is 0 Å². The van der Waals surface area contributed by atoms with Gasteiger partial charge in [0.2, 0.25) is 5.91 Å². The summed E-state index contributed by atoms with van der Waals surface area (Å²) in [5.41, 5.74) is -0.418. The Bertz CT molecular complexity index is 244. The fourth-order valence-corrected chi connectivity index (χ4v) is 2.51. The second-order valence-electron chi connectivity index (χ2n) is 5.29. The third kappa shape index (κ3) is 3.63. The summed E-state index contributed by atoms with van der Waals surface area (Å²) in [5.74, 6) is 0.625. The van der Waals surface area contributed by atoms with E-state index < -0.39 is 0 Å². The zero-order valence-electron chi connectivity index (χ0n) is 10.4. The van der Waals surface area contributed by atoms with Crippen LogP contribution in [-0.4, -0.2) is 30.0 Å². The molecule has 1 rings (SSSR count). The summed E-state index contributed by atoms with van der Waals surface area (Å²) in [6.45, 7) is 3.99. The molecule has 16 heavy (non-hydrogen) atoms. The Labute approximate surface area is 103 Å². The SMILES string of the molecule is COC1(CC(=O)NC(C)(C)CCCl)CCC1. The number of alkyl halides is 1. The number of methoxy groups -OCH3 is 1. The number of halogens is 1. The van der Waals surface area contributed by atoms with Crippen molar-refractivity contribution in [2.24, 2.45) is 0 Å². The molecule has 0 aliphatic heterocycles. The molecule has 1 aliphatic carbocycles. The zero-order valence-corrected chi connectivity index (χ0v) is 11.2. The molecule has 3 nitrogen and oxygen atoms in total. The number of rotatable bonds is 6. The van der Waals surface area contributed by atoms with Crippen molar-refractivity contribution in [3.63, 3.8) is 0 Å². The van der Waals surface area contributed by atoms with Crippen molar-refractivity contribution in [1.29, 1.82) is 0 Å². The number of ether oxygens (including phenoxy) is 1. The van der Waals surface area contributed by atoms with Gasteiger partial charge in [0.05, 0.1) is 12.0 Å². The van der Waals surface area contributed by atoms with Crippen molar-refractivity contribution < 1.29 is 9.53 Å². The number of amides is 1. The summed E-state index contributed by atoms with van der Waals surface area (Å²) in [7, 11) is 1.69. The highest BCUT2D eigenvalue weighted by atomic mass is 35.5. The van der Waals surface area contributed by atoms with Gasteiger partial charge in [-0.25, -0.2) is 0 Å². The Morgan fingerprint density at radius 1 is 1.50 bits per heavy atom. The normalized spacial score (nSPS) is 19.0. The molecule has 1 fully saturated rings. The van der Waals surface area contributed by atoms with Gasteiger partial charge < -0.3 is 10.1 Å². The summed E-state index contributed by atoms with van der Waals surface area (Å²) < 4.78 is 5.43. The lowest BCUT2D eigenvalue weighted by Crippen LogP contribution is -2.49. The third-order valence-electron chi connectivity index (χ3n) is 3.38. The number of carbonyl (C=O) groups excluding carboxylic acids is 1. The van der Waals surface area contributed by atoms with Crippen molar-refractivity contribution in [2.75, 3.05) is 13.0 Å². The average Bonchev–Trinajstić information content (AvgIpc) is 2.10. The van der Waals surface area contributed by atoms with Gasteiger partial charge >= 0.3 is 0 Å². The van der Waals surface area contributed by atoms with Crippen LogP contribution >= 0.6 is 11.6 Å². The first-order valence-electron chi connectivity index (χ1n) is 5.85. The molecule has 0 radical (unpaired) electrons. The Morgan fingerprint density at radius 3 is 2.50 bits per heavy atom. The molecule has 0 aromatic rings. The second kappa shape index (κ2) is 5.37. The highest BCUT2D eigenvalue weighted by Crippen LogP contribution is 2.38. The van der Waals surface area contributed by atoms with Gasteiger partial charge in [0.25, 0.3) is 0 Å². The van der Waals surface area contributed by atoms with E-state index in [1.807, 2.05) is 13.8 Å². The van der Waals surface area contributed by atoms with Crippen LogP contribution < -0.4 is 5.32 Å². The van der Waals surface area contributed by atoms with Crippen LogP contribution in [0.25, 0.3) is 0 Å². The van der Waals surface area contributed by atoms with Crippen molar-refractivity contribution in [1.82, 2.24) is 5.32 Å². The molecule has 0 saturated heterocycles. The molecule has 4 heteroatoms. The minimum Gasteiger partial charge on any atom is -0.378 e. The summed E-state index contributed by atoms with van der Waals surface area (Å²) in [4.78, 5) is 11.9. The Hall–Kier alpha value is -0.280. The van der Waals surface area contributed by atoms with Crippen LogP contribution in [0.15, 0.2) is 0 Å². The van der Waals surface area contributed by atoms with Gasteiger partial charge in [0.15, 0.2) is 0 Å². The van der Waals surface area contributed by atoms with Gasteiger partial charge in [0, 0.05) is 18.5 Å². The van der Waals surface area contributed by atoms with Gasteiger partial charge in [-0.1, -0.05) is 0 Å². The van der Waals surface area contributed by atoms with E-state index in [1.54, 1.807) is 7.11 Å². The first kappa shape index (κ1) is 13.8. The average molecular weight is 248 g/mol. The van der Waals surface area contributed by atoms with Gasteiger partial charge in [-0.3, -0.25) is 4.79 Å².